The van der Waals surface area contributed by atoms with E-state index in [1.165, 1.54) is 0 Å². The molecule has 0 fully saturated rings. The van der Waals surface area contributed by atoms with Gasteiger partial charge in [-0.3, -0.25) is 4.55 Å². The average Bonchev–Trinajstić information content (AvgIpc) is 1.98. The second-order valence-corrected chi connectivity index (χ2v) is 4.46. The lowest BCUT2D eigenvalue weighted by atomic mass is 9.85. The van der Waals surface area contributed by atoms with Gasteiger partial charge in [-0.2, -0.15) is 8.42 Å². The predicted octanol–water partition coefficient (Wildman–Crippen LogP) is 2.02. The summed E-state index contributed by atoms with van der Waals surface area (Å²) in [5, 5.41) is 0. The molecule has 0 atom stereocenters. The molecule has 0 bridgehead atoms. The molecule has 0 amide bonds. The van der Waals surface area contributed by atoms with E-state index in [0.717, 1.165) is 0 Å². The van der Waals surface area contributed by atoms with Crippen molar-refractivity contribution in [3.8, 4) is 0 Å². The zero-order chi connectivity index (χ0) is 10.7. The van der Waals surface area contributed by atoms with Crippen molar-refractivity contribution >= 4 is 10.4 Å². The molecule has 5 heteroatoms. The van der Waals surface area contributed by atoms with Crippen molar-refractivity contribution < 1.29 is 17.2 Å². The van der Waals surface area contributed by atoms with E-state index in [4.69, 9.17) is 8.74 Å². The van der Waals surface area contributed by atoms with Gasteiger partial charge in [0.2, 0.25) is 0 Å². The highest BCUT2D eigenvalue weighted by atomic mass is 32.3. The fourth-order valence-electron chi connectivity index (χ4n) is 1.49. The number of hydrogen-bond donors (Lipinski definition) is 1. The molecule has 0 radical (unpaired) electrons. The summed E-state index contributed by atoms with van der Waals surface area (Å²) in [7, 11) is -4.35. The van der Waals surface area contributed by atoms with E-state index >= 15 is 0 Å². The van der Waals surface area contributed by atoms with Gasteiger partial charge in [0.05, 0.1) is 5.60 Å². The van der Waals surface area contributed by atoms with Gasteiger partial charge in [0.1, 0.15) is 0 Å². The maximum atomic E-state index is 10.6. The SMILES string of the molecule is CCC(CC)(OS(=O)(=O)O)C(C)C. The molecule has 4 nitrogen and oxygen atoms in total. The van der Waals surface area contributed by atoms with E-state index < -0.39 is 16.0 Å². The zero-order valence-electron chi connectivity index (χ0n) is 8.57. The van der Waals surface area contributed by atoms with Crippen molar-refractivity contribution in [3.05, 3.63) is 0 Å². The zero-order valence-corrected chi connectivity index (χ0v) is 9.39. The van der Waals surface area contributed by atoms with Crippen molar-refractivity contribution in [2.45, 2.75) is 46.1 Å². The van der Waals surface area contributed by atoms with E-state index in [9.17, 15) is 8.42 Å². The molecule has 80 valence electrons. The Morgan fingerprint density at radius 3 is 1.77 bits per heavy atom. The standard InChI is InChI=1S/C8H18O4S/c1-5-8(6-2,7(3)4)12-13(9,10)11/h7H,5-6H2,1-4H3,(H,9,10,11). The third kappa shape index (κ3) is 3.62. The van der Waals surface area contributed by atoms with E-state index in [-0.39, 0.29) is 5.92 Å². The Labute approximate surface area is 80.2 Å². The van der Waals surface area contributed by atoms with Crippen LogP contribution in [0.5, 0.6) is 0 Å². The van der Waals surface area contributed by atoms with Crippen LogP contribution < -0.4 is 0 Å². The molecule has 1 N–H and O–H groups in total. The van der Waals surface area contributed by atoms with Gasteiger partial charge in [0, 0.05) is 0 Å². The van der Waals surface area contributed by atoms with Crippen molar-refractivity contribution in [1.29, 1.82) is 0 Å². The fraction of sp³-hybridized carbons (Fsp3) is 1.00. The predicted molar refractivity (Wildman–Crippen MR) is 50.8 cm³/mol. The molecular formula is C8H18O4S. The van der Waals surface area contributed by atoms with Crippen molar-refractivity contribution in [1.82, 2.24) is 0 Å². The summed E-state index contributed by atoms with van der Waals surface area (Å²) in [6.45, 7) is 7.43. The molecule has 0 aromatic rings. The molecule has 0 aliphatic carbocycles. The van der Waals surface area contributed by atoms with Crippen molar-refractivity contribution in [2.75, 3.05) is 0 Å². The van der Waals surface area contributed by atoms with Crippen LogP contribution in [0, 0.1) is 5.92 Å². The summed E-state index contributed by atoms with van der Waals surface area (Å²) in [6.07, 6.45) is 1.11. The molecule has 0 aromatic carbocycles. The molecule has 0 saturated heterocycles. The van der Waals surface area contributed by atoms with Gasteiger partial charge in [-0.15, -0.1) is 0 Å². The highest BCUT2D eigenvalue weighted by Gasteiger charge is 2.35. The first-order valence-corrected chi connectivity index (χ1v) is 5.82. The first kappa shape index (κ1) is 12.9. The summed E-state index contributed by atoms with van der Waals surface area (Å²) in [4.78, 5) is 0. The van der Waals surface area contributed by atoms with Gasteiger partial charge in [-0.25, -0.2) is 4.18 Å². The highest BCUT2D eigenvalue weighted by Crippen LogP contribution is 2.30. The van der Waals surface area contributed by atoms with Gasteiger partial charge in [-0.05, 0) is 18.8 Å². The van der Waals surface area contributed by atoms with Crippen LogP contribution in [0.3, 0.4) is 0 Å². The van der Waals surface area contributed by atoms with Crippen molar-refractivity contribution in [2.24, 2.45) is 5.92 Å². The second-order valence-electron chi connectivity index (χ2n) is 3.44. The highest BCUT2D eigenvalue weighted by molar-refractivity contribution is 7.80. The largest absolute Gasteiger partial charge is 0.397 e. The average molecular weight is 210 g/mol. The van der Waals surface area contributed by atoms with Crippen LogP contribution in [0.1, 0.15) is 40.5 Å². The molecule has 0 rings (SSSR count). The minimum Gasteiger partial charge on any atom is -0.264 e. The van der Waals surface area contributed by atoms with Crippen LogP contribution in [0.25, 0.3) is 0 Å². The number of rotatable bonds is 5. The Morgan fingerprint density at radius 2 is 1.69 bits per heavy atom. The summed E-state index contributed by atoms with van der Waals surface area (Å²) in [6, 6.07) is 0. The molecule has 0 spiro atoms. The lowest BCUT2D eigenvalue weighted by molar-refractivity contribution is 0.0103. The molecule has 0 heterocycles. The molecule has 0 aromatic heterocycles. The maximum Gasteiger partial charge on any atom is 0.397 e. The molecule has 0 saturated carbocycles. The minimum absolute atomic E-state index is 0.0458. The van der Waals surface area contributed by atoms with Crippen molar-refractivity contribution in [3.63, 3.8) is 0 Å². The second kappa shape index (κ2) is 4.39. The van der Waals surface area contributed by atoms with Gasteiger partial charge in [0.25, 0.3) is 0 Å². The summed E-state index contributed by atoms with van der Waals surface area (Å²) >= 11 is 0. The molecular weight excluding hydrogens is 192 g/mol. The smallest absolute Gasteiger partial charge is 0.264 e. The third-order valence-electron chi connectivity index (χ3n) is 2.52. The van der Waals surface area contributed by atoms with E-state index in [2.05, 4.69) is 0 Å². The van der Waals surface area contributed by atoms with E-state index in [0.29, 0.717) is 12.8 Å². The van der Waals surface area contributed by atoms with E-state index in [1.54, 1.807) is 0 Å². The van der Waals surface area contributed by atoms with Crippen LogP contribution in [0.2, 0.25) is 0 Å². The van der Waals surface area contributed by atoms with Gasteiger partial charge in [-0.1, -0.05) is 27.7 Å². The lowest BCUT2D eigenvalue weighted by Crippen LogP contribution is -2.39. The van der Waals surface area contributed by atoms with Gasteiger partial charge in [0.15, 0.2) is 0 Å². The summed E-state index contributed by atoms with van der Waals surface area (Å²) < 4.78 is 34.5. The van der Waals surface area contributed by atoms with Crippen LogP contribution in [-0.2, 0) is 14.6 Å². The Hall–Kier alpha value is -0.130. The topological polar surface area (TPSA) is 63.6 Å². The van der Waals surface area contributed by atoms with Gasteiger partial charge < -0.3 is 0 Å². The van der Waals surface area contributed by atoms with Crippen LogP contribution in [0.4, 0.5) is 0 Å². The lowest BCUT2D eigenvalue weighted by Gasteiger charge is -2.33. The fourth-order valence-corrected chi connectivity index (χ4v) is 2.34. The van der Waals surface area contributed by atoms with Gasteiger partial charge >= 0.3 is 10.4 Å². The quantitative estimate of drug-likeness (QED) is 0.705. The molecule has 0 aliphatic heterocycles. The molecule has 13 heavy (non-hydrogen) atoms. The van der Waals surface area contributed by atoms with E-state index in [1.807, 2.05) is 27.7 Å². The normalized spacial score (nSPS) is 13.7. The van der Waals surface area contributed by atoms with Crippen LogP contribution in [-0.4, -0.2) is 18.6 Å². The summed E-state index contributed by atoms with van der Waals surface area (Å²) in [5.74, 6) is 0.0458. The Morgan fingerprint density at radius 1 is 1.31 bits per heavy atom. The van der Waals surface area contributed by atoms with Crippen LogP contribution in [0.15, 0.2) is 0 Å². The summed E-state index contributed by atoms with van der Waals surface area (Å²) in [5.41, 5.74) is -0.770. The Balaban J connectivity index is 4.79. The maximum absolute atomic E-state index is 10.6. The number of hydrogen-bond acceptors (Lipinski definition) is 3. The Kier molecular flexibility index (Phi) is 4.35. The first-order valence-electron chi connectivity index (χ1n) is 4.45. The third-order valence-corrected chi connectivity index (χ3v) is 3.06. The van der Waals surface area contributed by atoms with Crippen LogP contribution >= 0.6 is 0 Å². The monoisotopic (exact) mass is 210 g/mol. The first-order chi connectivity index (χ1) is 5.77. The molecule has 0 aliphatic rings. The minimum atomic E-state index is -4.35. The Bertz CT molecular complexity index is 239. The molecule has 0 unspecified atom stereocenters.